The average Bonchev–Trinajstić information content (AvgIpc) is 2.90. The number of Topliss-reactive ketones (excluding diaryl/α,β-unsaturated/α-hetero) is 1. The van der Waals surface area contributed by atoms with E-state index in [1.165, 1.54) is 12.1 Å². The van der Waals surface area contributed by atoms with Gasteiger partial charge in [-0.1, -0.05) is 24.3 Å². The lowest BCUT2D eigenvalue weighted by atomic mass is 9.78. The van der Waals surface area contributed by atoms with Crippen LogP contribution in [-0.2, 0) is 6.54 Å². The van der Waals surface area contributed by atoms with Gasteiger partial charge < -0.3 is 5.32 Å². The highest BCUT2D eigenvalue weighted by Crippen LogP contribution is 2.37. The Hall–Kier alpha value is -2.60. The first-order valence-electron chi connectivity index (χ1n) is 8.49. The molecule has 6 heteroatoms. The molecule has 1 N–H and O–H groups in total. The third-order valence-corrected chi connectivity index (χ3v) is 5.39. The molecule has 2 atom stereocenters. The van der Waals surface area contributed by atoms with Crippen LogP contribution in [-0.4, -0.2) is 35.7 Å². The standard InChI is InChI=1S/C20H18F2N2O2/c1-20-11-24(9-12-6-7-15(21)16(22)8-12)10-17(20)23-19(26)14-5-3-2-4-13(14)18(20)25/h2-8,17H,9-11H2,1H3,(H,23,26)/t17-,20+/m1/s1. The topological polar surface area (TPSA) is 49.4 Å². The summed E-state index contributed by atoms with van der Waals surface area (Å²) in [7, 11) is 0. The van der Waals surface area contributed by atoms with Crippen molar-refractivity contribution in [3.05, 3.63) is 70.8 Å². The summed E-state index contributed by atoms with van der Waals surface area (Å²) in [4.78, 5) is 27.7. The second-order valence-corrected chi connectivity index (χ2v) is 7.24. The predicted molar refractivity (Wildman–Crippen MR) is 91.8 cm³/mol. The summed E-state index contributed by atoms with van der Waals surface area (Å²) in [6.07, 6.45) is 0. The van der Waals surface area contributed by atoms with Crippen LogP contribution in [0.2, 0.25) is 0 Å². The summed E-state index contributed by atoms with van der Waals surface area (Å²) >= 11 is 0. The van der Waals surface area contributed by atoms with Gasteiger partial charge >= 0.3 is 0 Å². The van der Waals surface area contributed by atoms with Crippen LogP contribution in [0.5, 0.6) is 0 Å². The van der Waals surface area contributed by atoms with Crippen molar-refractivity contribution in [3.8, 4) is 0 Å². The van der Waals surface area contributed by atoms with E-state index >= 15 is 0 Å². The minimum absolute atomic E-state index is 0.0655. The molecule has 26 heavy (non-hydrogen) atoms. The van der Waals surface area contributed by atoms with Gasteiger partial charge in [0.15, 0.2) is 17.4 Å². The fraction of sp³-hybridized carbons (Fsp3) is 0.300. The lowest BCUT2D eigenvalue weighted by Crippen LogP contribution is -2.47. The van der Waals surface area contributed by atoms with Crippen molar-refractivity contribution < 1.29 is 18.4 Å². The van der Waals surface area contributed by atoms with Crippen molar-refractivity contribution in [1.29, 1.82) is 0 Å². The van der Waals surface area contributed by atoms with Gasteiger partial charge in [0.25, 0.3) is 5.91 Å². The fourth-order valence-corrected chi connectivity index (χ4v) is 3.97. The maximum Gasteiger partial charge on any atom is 0.252 e. The van der Waals surface area contributed by atoms with Crippen LogP contribution in [0, 0.1) is 17.0 Å². The summed E-state index contributed by atoms with van der Waals surface area (Å²) in [5.41, 5.74) is 0.703. The van der Waals surface area contributed by atoms with E-state index in [0.717, 1.165) is 6.07 Å². The molecule has 134 valence electrons. The van der Waals surface area contributed by atoms with Crippen LogP contribution >= 0.6 is 0 Å². The number of ketones is 1. The Kier molecular flexibility index (Phi) is 3.88. The van der Waals surface area contributed by atoms with Gasteiger partial charge in [0, 0.05) is 25.2 Å². The summed E-state index contributed by atoms with van der Waals surface area (Å²) in [6.45, 7) is 3.15. The molecule has 2 heterocycles. The molecular weight excluding hydrogens is 338 g/mol. The number of carbonyl (C=O) groups excluding carboxylic acids is 2. The van der Waals surface area contributed by atoms with Crippen molar-refractivity contribution in [2.24, 2.45) is 5.41 Å². The van der Waals surface area contributed by atoms with Gasteiger partial charge in [-0.2, -0.15) is 0 Å². The zero-order valence-electron chi connectivity index (χ0n) is 14.3. The van der Waals surface area contributed by atoms with Crippen LogP contribution in [0.4, 0.5) is 8.78 Å². The summed E-state index contributed by atoms with van der Waals surface area (Å²) in [5, 5.41) is 2.97. The van der Waals surface area contributed by atoms with E-state index in [-0.39, 0.29) is 17.7 Å². The Balaban J connectivity index is 1.62. The van der Waals surface area contributed by atoms with Gasteiger partial charge in [-0.25, -0.2) is 8.78 Å². The minimum atomic E-state index is -0.888. The lowest BCUT2D eigenvalue weighted by Gasteiger charge is -2.27. The van der Waals surface area contributed by atoms with Crippen LogP contribution in [0.3, 0.4) is 0 Å². The number of carbonyl (C=O) groups is 2. The van der Waals surface area contributed by atoms with E-state index in [9.17, 15) is 18.4 Å². The Morgan fingerprint density at radius 3 is 2.58 bits per heavy atom. The molecule has 0 radical (unpaired) electrons. The van der Waals surface area contributed by atoms with Crippen molar-refractivity contribution in [1.82, 2.24) is 10.2 Å². The molecule has 0 aliphatic carbocycles. The molecular formula is C20H18F2N2O2. The third kappa shape index (κ3) is 2.61. The molecule has 2 aliphatic rings. The highest BCUT2D eigenvalue weighted by Gasteiger charge is 2.51. The molecule has 0 bridgehead atoms. The van der Waals surface area contributed by atoms with Gasteiger partial charge in [-0.05, 0) is 30.7 Å². The predicted octanol–water partition coefficient (Wildman–Crippen LogP) is 2.78. The van der Waals surface area contributed by atoms with Crippen LogP contribution in [0.15, 0.2) is 42.5 Å². The monoisotopic (exact) mass is 356 g/mol. The summed E-state index contributed by atoms with van der Waals surface area (Å²) in [6, 6.07) is 10.3. The van der Waals surface area contributed by atoms with Gasteiger partial charge in [0.05, 0.1) is 17.0 Å². The number of nitrogens with zero attached hydrogens (tertiary/aromatic N) is 1. The Morgan fingerprint density at radius 2 is 1.85 bits per heavy atom. The summed E-state index contributed by atoms with van der Waals surface area (Å²) in [5.74, 6) is -2.09. The molecule has 4 rings (SSSR count). The fourth-order valence-electron chi connectivity index (χ4n) is 3.97. The first-order valence-corrected chi connectivity index (χ1v) is 8.49. The Labute approximate surface area is 149 Å². The minimum Gasteiger partial charge on any atom is -0.347 e. The van der Waals surface area contributed by atoms with Crippen molar-refractivity contribution >= 4 is 11.7 Å². The number of halogens is 2. The number of benzene rings is 2. The van der Waals surface area contributed by atoms with Gasteiger partial charge in [-0.15, -0.1) is 0 Å². The number of nitrogens with one attached hydrogen (secondary N) is 1. The number of hydrogen-bond acceptors (Lipinski definition) is 3. The van der Waals surface area contributed by atoms with E-state index < -0.39 is 17.0 Å². The Morgan fingerprint density at radius 1 is 1.12 bits per heavy atom. The molecule has 1 saturated heterocycles. The second kappa shape index (κ2) is 5.99. The molecule has 0 unspecified atom stereocenters. The quantitative estimate of drug-likeness (QED) is 0.900. The van der Waals surface area contributed by atoms with E-state index in [2.05, 4.69) is 5.32 Å². The lowest BCUT2D eigenvalue weighted by molar-refractivity contribution is 0.0789. The molecule has 0 aromatic heterocycles. The van der Waals surface area contributed by atoms with Crippen molar-refractivity contribution in [3.63, 3.8) is 0 Å². The highest BCUT2D eigenvalue weighted by atomic mass is 19.2. The SMILES string of the molecule is C[C@]12CN(Cc3ccc(F)c(F)c3)C[C@H]1NC(=O)c1ccccc1C2=O. The third-order valence-electron chi connectivity index (χ3n) is 5.39. The molecule has 2 aliphatic heterocycles. The van der Waals surface area contributed by atoms with Crippen molar-refractivity contribution in [2.45, 2.75) is 19.5 Å². The normalized spacial score (nSPS) is 25.4. The van der Waals surface area contributed by atoms with Gasteiger partial charge in [0.1, 0.15) is 0 Å². The van der Waals surface area contributed by atoms with Gasteiger partial charge in [-0.3, -0.25) is 14.5 Å². The number of hydrogen-bond donors (Lipinski definition) is 1. The zero-order chi connectivity index (χ0) is 18.5. The zero-order valence-corrected chi connectivity index (χ0v) is 14.3. The molecule has 2 aromatic rings. The number of likely N-dealkylation sites (tertiary alicyclic amines) is 1. The van der Waals surface area contributed by atoms with Crippen molar-refractivity contribution in [2.75, 3.05) is 13.1 Å². The number of amides is 1. The highest BCUT2D eigenvalue weighted by molar-refractivity contribution is 6.12. The van der Waals surface area contributed by atoms with Crippen LogP contribution in [0.25, 0.3) is 0 Å². The average molecular weight is 356 g/mol. The van der Waals surface area contributed by atoms with E-state index in [4.69, 9.17) is 0 Å². The number of rotatable bonds is 2. The van der Waals surface area contributed by atoms with E-state index in [0.29, 0.717) is 36.3 Å². The largest absolute Gasteiger partial charge is 0.347 e. The van der Waals surface area contributed by atoms with E-state index in [1.54, 1.807) is 24.3 Å². The molecule has 4 nitrogen and oxygen atoms in total. The van der Waals surface area contributed by atoms with Crippen LogP contribution < -0.4 is 5.32 Å². The van der Waals surface area contributed by atoms with E-state index in [1.807, 2.05) is 11.8 Å². The molecule has 0 saturated carbocycles. The number of fused-ring (bicyclic) bond motifs is 2. The molecule has 1 amide bonds. The molecule has 2 aromatic carbocycles. The summed E-state index contributed by atoms with van der Waals surface area (Å²) < 4.78 is 26.6. The molecule has 1 fully saturated rings. The maximum atomic E-state index is 13.5. The first kappa shape index (κ1) is 16.8. The smallest absolute Gasteiger partial charge is 0.252 e. The van der Waals surface area contributed by atoms with Gasteiger partial charge in [0.2, 0.25) is 0 Å². The van der Waals surface area contributed by atoms with Crippen LogP contribution in [0.1, 0.15) is 33.2 Å². The Bertz CT molecular complexity index is 914. The second-order valence-electron chi connectivity index (χ2n) is 7.24. The maximum absolute atomic E-state index is 13.5. The molecule has 0 spiro atoms. The first-order chi connectivity index (χ1) is 12.4.